The van der Waals surface area contributed by atoms with Gasteiger partial charge in [-0.2, -0.15) is 0 Å². The summed E-state index contributed by atoms with van der Waals surface area (Å²) in [6.07, 6.45) is 0. The zero-order chi connectivity index (χ0) is 16.1. The molecule has 0 unspecified atom stereocenters. The molecule has 0 atom stereocenters. The van der Waals surface area contributed by atoms with Crippen molar-refractivity contribution in [1.82, 2.24) is 9.97 Å². The summed E-state index contributed by atoms with van der Waals surface area (Å²) in [4.78, 5) is 8.52. The Hall–Kier alpha value is -2.37. The number of aromatic nitrogens is 2. The van der Waals surface area contributed by atoms with E-state index < -0.39 is 5.82 Å². The first-order valence-electron chi connectivity index (χ1n) is 6.57. The van der Waals surface area contributed by atoms with Gasteiger partial charge >= 0.3 is 0 Å². The topological polar surface area (TPSA) is 59.2 Å². The van der Waals surface area contributed by atoms with Gasteiger partial charge in [-0.1, -0.05) is 23.2 Å². The third-order valence-electron chi connectivity index (χ3n) is 3.43. The van der Waals surface area contributed by atoms with Crippen LogP contribution in [0.25, 0.3) is 33.6 Å². The van der Waals surface area contributed by atoms with Gasteiger partial charge in [0, 0.05) is 11.5 Å². The second-order valence-corrected chi connectivity index (χ2v) is 5.73. The summed E-state index contributed by atoms with van der Waals surface area (Å²) >= 11 is 12.0. The molecule has 4 aromatic rings. The first-order chi connectivity index (χ1) is 11.0. The molecule has 2 aromatic heterocycles. The van der Waals surface area contributed by atoms with E-state index in [9.17, 15) is 9.50 Å². The van der Waals surface area contributed by atoms with Gasteiger partial charge in [0.05, 0.1) is 10.0 Å². The molecular weight excluding hydrogens is 342 g/mol. The van der Waals surface area contributed by atoms with Gasteiger partial charge in [0.25, 0.3) is 0 Å². The molecule has 0 aliphatic rings. The quantitative estimate of drug-likeness (QED) is 0.513. The number of hydrogen-bond donors (Lipinski definition) is 1. The predicted molar refractivity (Wildman–Crippen MR) is 86.4 cm³/mol. The first kappa shape index (κ1) is 14.2. The van der Waals surface area contributed by atoms with Gasteiger partial charge in [-0.05, 0) is 30.3 Å². The molecule has 4 rings (SSSR count). The Morgan fingerprint density at radius 3 is 2.65 bits per heavy atom. The number of rotatable bonds is 1. The van der Waals surface area contributed by atoms with Gasteiger partial charge < -0.3 is 9.52 Å². The van der Waals surface area contributed by atoms with Gasteiger partial charge in [-0.15, -0.1) is 0 Å². The number of oxazole rings is 1. The van der Waals surface area contributed by atoms with Crippen LogP contribution in [0.5, 0.6) is 5.75 Å². The molecule has 0 bridgehead atoms. The second kappa shape index (κ2) is 5.08. The lowest BCUT2D eigenvalue weighted by atomic mass is 10.2. The Morgan fingerprint density at radius 2 is 1.83 bits per heavy atom. The molecule has 0 spiro atoms. The normalized spacial score (nSPS) is 11.4. The van der Waals surface area contributed by atoms with Crippen molar-refractivity contribution in [2.24, 2.45) is 0 Å². The molecule has 0 aliphatic carbocycles. The Balaban J connectivity index is 1.95. The van der Waals surface area contributed by atoms with Gasteiger partial charge in [-0.25, -0.2) is 14.4 Å². The summed E-state index contributed by atoms with van der Waals surface area (Å²) < 4.78 is 18.8. The second-order valence-electron chi connectivity index (χ2n) is 4.91. The molecule has 114 valence electrons. The number of aromatic hydroxyl groups is 1. The van der Waals surface area contributed by atoms with E-state index in [4.69, 9.17) is 27.6 Å². The lowest BCUT2D eigenvalue weighted by molar-refractivity contribution is 0.480. The lowest BCUT2D eigenvalue weighted by Crippen LogP contribution is -1.87. The number of pyridine rings is 1. The van der Waals surface area contributed by atoms with E-state index >= 15 is 0 Å². The number of halogens is 3. The highest BCUT2D eigenvalue weighted by Gasteiger charge is 2.15. The van der Waals surface area contributed by atoms with E-state index in [1.807, 2.05) is 0 Å². The standard InChI is InChI=1S/C16H7Cl2FN2O2/c17-9-6-10(18)15(22)14-8(9)2-3-11(20-14)16-21-12-5-7(19)1-4-13(12)23-16/h1-6,22H. The maximum Gasteiger partial charge on any atom is 0.246 e. The van der Waals surface area contributed by atoms with Crippen LogP contribution >= 0.6 is 23.2 Å². The van der Waals surface area contributed by atoms with Crippen LogP contribution in [0, 0.1) is 5.82 Å². The molecule has 0 saturated heterocycles. The third-order valence-corrected chi connectivity index (χ3v) is 4.03. The minimum atomic E-state index is -0.403. The summed E-state index contributed by atoms with van der Waals surface area (Å²) in [5, 5.41) is 11.1. The minimum Gasteiger partial charge on any atom is -0.504 e. The summed E-state index contributed by atoms with van der Waals surface area (Å²) in [6, 6.07) is 8.84. The molecule has 0 aliphatic heterocycles. The average molecular weight is 349 g/mol. The van der Waals surface area contributed by atoms with E-state index in [2.05, 4.69) is 9.97 Å². The van der Waals surface area contributed by atoms with E-state index in [-0.39, 0.29) is 22.2 Å². The van der Waals surface area contributed by atoms with E-state index in [0.717, 1.165) is 0 Å². The molecule has 23 heavy (non-hydrogen) atoms. The fourth-order valence-corrected chi connectivity index (χ4v) is 2.85. The molecule has 2 heterocycles. The van der Waals surface area contributed by atoms with Gasteiger partial charge in [0.15, 0.2) is 11.3 Å². The van der Waals surface area contributed by atoms with Gasteiger partial charge in [-0.3, -0.25) is 0 Å². The minimum absolute atomic E-state index is 0.104. The van der Waals surface area contributed by atoms with E-state index in [1.165, 1.54) is 24.3 Å². The number of benzene rings is 2. The van der Waals surface area contributed by atoms with Gasteiger partial charge in [0.1, 0.15) is 22.5 Å². The van der Waals surface area contributed by atoms with Crippen molar-refractivity contribution in [2.45, 2.75) is 0 Å². The zero-order valence-corrected chi connectivity index (χ0v) is 12.9. The van der Waals surface area contributed by atoms with Crippen LogP contribution in [0.1, 0.15) is 0 Å². The summed E-state index contributed by atoms with van der Waals surface area (Å²) in [5.74, 6) is -0.363. The predicted octanol–water partition coefficient (Wildman–Crippen LogP) is 5.19. The highest BCUT2D eigenvalue weighted by Crippen LogP contribution is 2.37. The number of hydrogen-bond acceptors (Lipinski definition) is 4. The fraction of sp³-hybridized carbons (Fsp3) is 0. The molecule has 7 heteroatoms. The van der Waals surface area contributed by atoms with Crippen molar-refractivity contribution in [2.75, 3.05) is 0 Å². The molecule has 0 radical (unpaired) electrons. The van der Waals surface area contributed by atoms with Crippen molar-refractivity contribution in [3.63, 3.8) is 0 Å². The molecule has 0 fully saturated rings. The third kappa shape index (κ3) is 2.29. The van der Waals surface area contributed by atoms with Crippen LogP contribution in [-0.2, 0) is 0 Å². The molecule has 4 nitrogen and oxygen atoms in total. The maximum absolute atomic E-state index is 13.2. The molecule has 0 saturated carbocycles. The number of nitrogens with zero attached hydrogens (tertiary/aromatic N) is 2. The van der Waals surface area contributed by atoms with Crippen molar-refractivity contribution in [3.8, 4) is 17.3 Å². The van der Waals surface area contributed by atoms with Crippen LogP contribution < -0.4 is 0 Å². The van der Waals surface area contributed by atoms with E-state index in [0.29, 0.717) is 27.2 Å². The molecule has 0 amide bonds. The fourth-order valence-electron chi connectivity index (χ4n) is 2.33. The van der Waals surface area contributed by atoms with Crippen molar-refractivity contribution < 1.29 is 13.9 Å². The summed E-state index contributed by atoms with van der Waals surface area (Å²) in [5.41, 5.74) is 1.45. The molecule has 1 N–H and O–H groups in total. The Labute approximate surface area is 139 Å². The number of phenols is 1. The molecular formula is C16H7Cl2FN2O2. The molecule has 2 aromatic carbocycles. The first-order valence-corrected chi connectivity index (χ1v) is 7.33. The smallest absolute Gasteiger partial charge is 0.246 e. The van der Waals surface area contributed by atoms with Gasteiger partial charge in [0.2, 0.25) is 5.89 Å². The van der Waals surface area contributed by atoms with Crippen LogP contribution in [0.4, 0.5) is 4.39 Å². The number of phenolic OH excluding ortho intramolecular Hbond substituents is 1. The van der Waals surface area contributed by atoms with Crippen molar-refractivity contribution in [1.29, 1.82) is 0 Å². The Bertz CT molecular complexity index is 1080. The highest BCUT2D eigenvalue weighted by molar-refractivity contribution is 6.39. The number of fused-ring (bicyclic) bond motifs is 2. The maximum atomic E-state index is 13.2. The summed E-state index contributed by atoms with van der Waals surface area (Å²) in [6.45, 7) is 0. The van der Waals surface area contributed by atoms with Crippen LogP contribution in [-0.4, -0.2) is 15.1 Å². The lowest BCUT2D eigenvalue weighted by Gasteiger charge is -2.05. The monoisotopic (exact) mass is 348 g/mol. The van der Waals surface area contributed by atoms with Crippen LogP contribution in [0.3, 0.4) is 0 Å². The zero-order valence-electron chi connectivity index (χ0n) is 11.3. The average Bonchev–Trinajstić information content (AvgIpc) is 2.95. The van der Waals surface area contributed by atoms with Crippen LogP contribution in [0.15, 0.2) is 40.8 Å². The van der Waals surface area contributed by atoms with Crippen molar-refractivity contribution >= 4 is 45.2 Å². The Kier molecular flexibility index (Phi) is 3.14. The Morgan fingerprint density at radius 1 is 1.00 bits per heavy atom. The van der Waals surface area contributed by atoms with E-state index in [1.54, 1.807) is 12.1 Å². The summed E-state index contributed by atoms with van der Waals surface area (Å²) in [7, 11) is 0. The largest absolute Gasteiger partial charge is 0.504 e. The van der Waals surface area contributed by atoms with Crippen LogP contribution in [0.2, 0.25) is 10.0 Å². The highest BCUT2D eigenvalue weighted by atomic mass is 35.5. The van der Waals surface area contributed by atoms with Crippen molar-refractivity contribution in [3.05, 3.63) is 52.3 Å². The SMILES string of the molecule is Oc1c(Cl)cc(Cl)c2ccc(-c3nc4cc(F)ccc4o3)nc12.